The molecule has 0 unspecified atom stereocenters. The third kappa shape index (κ3) is 4.91. The zero-order valence-electron chi connectivity index (χ0n) is 15.5. The summed E-state index contributed by atoms with van der Waals surface area (Å²) in [5.74, 6) is 0.419. The van der Waals surface area contributed by atoms with Crippen molar-refractivity contribution in [2.24, 2.45) is 0 Å². The topological polar surface area (TPSA) is 92.8 Å². The molecule has 1 heterocycles. The van der Waals surface area contributed by atoms with E-state index < -0.39 is 5.92 Å². The van der Waals surface area contributed by atoms with Gasteiger partial charge in [0, 0.05) is 5.69 Å². The van der Waals surface area contributed by atoms with Crippen molar-refractivity contribution >= 4 is 11.6 Å². The Morgan fingerprint density at radius 2 is 1.78 bits per heavy atom. The van der Waals surface area contributed by atoms with Gasteiger partial charge in [0.15, 0.2) is 5.82 Å². The molecule has 0 bridgehead atoms. The fourth-order valence-corrected chi connectivity index (χ4v) is 2.80. The van der Waals surface area contributed by atoms with Crippen molar-refractivity contribution in [2.45, 2.75) is 32.6 Å². The Morgan fingerprint density at radius 1 is 1.07 bits per heavy atom. The predicted molar refractivity (Wildman–Crippen MR) is 103 cm³/mol. The van der Waals surface area contributed by atoms with Crippen LogP contribution in [0.1, 0.15) is 36.7 Å². The predicted octanol–water partition coefficient (Wildman–Crippen LogP) is 3.13. The van der Waals surface area contributed by atoms with Gasteiger partial charge in [-0.2, -0.15) is 5.21 Å². The van der Waals surface area contributed by atoms with E-state index in [0.717, 1.165) is 17.7 Å². The van der Waals surface area contributed by atoms with Crippen LogP contribution in [0, 0.1) is 0 Å². The average Bonchev–Trinajstić information content (AvgIpc) is 3.22. The zero-order valence-corrected chi connectivity index (χ0v) is 15.5. The maximum Gasteiger partial charge on any atom is 0.235 e. The minimum Gasteiger partial charge on any atom is -0.494 e. The number of nitrogens with one attached hydrogen (secondary N) is 2. The number of carbonyl (C=O) groups is 1. The second-order valence-electron chi connectivity index (χ2n) is 6.14. The molecule has 0 aliphatic heterocycles. The van der Waals surface area contributed by atoms with Gasteiger partial charge in [-0.05, 0) is 55.2 Å². The first kappa shape index (κ1) is 18.6. The summed E-state index contributed by atoms with van der Waals surface area (Å²) in [4.78, 5) is 12.9. The number of rotatable bonds is 8. The summed E-state index contributed by atoms with van der Waals surface area (Å²) in [5, 5.41) is 17.0. The van der Waals surface area contributed by atoms with Crippen LogP contribution in [-0.4, -0.2) is 33.1 Å². The highest BCUT2D eigenvalue weighted by Crippen LogP contribution is 2.22. The van der Waals surface area contributed by atoms with E-state index in [4.69, 9.17) is 4.74 Å². The maximum absolute atomic E-state index is 12.9. The number of aromatic amines is 1. The molecule has 1 aromatic heterocycles. The maximum atomic E-state index is 12.9. The van der Waals surface area contributed by atoms with E-state index in [0.29, 0.717) is 24.5 Å². The highest BCUT2D eigenvalue weighted by atomic mass is 16.5. The lowest BCUT2D eigenvalue weighted by Gasteiger charge is -2.14. The quantitative estimate of drug-likeness (QED) is 0.640. The van der Waals surface area contributed by atoms with E-state index >= 15 is 0 Å². The Hall–Kier alpha value is -3.22. The first-order valence-electron chi connectivity index (χ1n) is 9.04. The SMILES string of the molecule is CCOc1ccc(NC(=O)[C@@H](Cc2ccc(CC)cc2)c2nn[nH]n2)cc1. The number of aryl methyl sites for hydroxylation is 1. The summed E-state index contributed by atoms with van der Waals surface area (Å²) in [6.07, 6.45) is 1.47. The molecular weight excluding hydrogens is 342 g/mol. The van der Waals surface area contributed by atoms with E-state index in [2.05, 4.69) is 45.0 Å². The zero-order chi connectivity index (χ0) is 19.1. The van der Waals surface area contributed by atoms with Gasteiger partial charge in [0.1, 0.15) is 11.7 Å². The highest BCUT2D eigenvalue weighted by Gasteiger charge is 2.25. The molecule has 1 amide bonds. The molecule has 27 heavy (non-hydrogen) atoms. The second-order valence-corrected chi connectivity index (χ2v) is 6.14. The third-order valence-corrected chi connectivity index (χ3v) is 4.29. The van der Waals surface area contributed by atoms with E-state index in [1.165, 1.54) is 5.56 Å². The molecule has 0 spiro atoms. The van der Waals surface area contributed by atoms with Gasteiger partial charge in [-0.15, -0.1) is 10.2 Å². The lowest BCUT2D eigenvalue weighted by atomic mass is 9.96. The molecule has 1 atom stereocenters. The van der Waals surface area contributed by atoms with Crippen LogP contribution in [0.4, 0.5) is 5.69 Å². The molecule has 7 heteroatoms. The molecule has 3 aromatic rings. The summed E-state index contributed by atoms with van der Waals surface area (Å²) >= 11 is 0. The van der Waals surface area contributed by atoms with Gasteiger partial charge < -0.3 is 10.1 Å². The normalized spacial score (nSPS) is 11.8. The van der Waals surface area contributed by atoms with E-state index in [9.17, 15) is 4.79 Å². The first-order chi connectivity index (χ1) is 13.2. The summed E-state index contributed by atoms with van der Waals surface area (Å²) in [7, 11) is 0. The molecule has 0 aliphatic carbocycles. The van der Waals surface area contributed by atoms with Gasteiger partial charge in [-0.3, -0.25) is 4.79 Å². The molecule has 3 rings (SSSR count). The molecule has 140 valence electrons. The lowest BCUT2D eigenvalue weighted by molar-refractivity contribution is -0.117. The Kier molecular flexibility index (Phi) is 6.14. The molecule has 0 saturated heterocycles. The van der Waals surface area contributed by atoms with Crippen LogP contribution in [0.25, 0.3) is 0 Å². The first-order valence-corrected chi connectivity index (χ1v) is 9.04. The van der Waals surface area contributed by atoms with Gasteiger partial charge in [-0.25, -0.2) is 0 Å². The summed E-state index contributed by atoms with van der Waals surface area (Å²) in [5.41, 5.74) is 3.00. The summed E-state index contributed by atoms with van der Waals surface area (Å²) in [6.45, 7) is 4.64. The number of hydrogen-bond acceptors (Lipinski definition) is 5. The molecule has 2 aromatic carbocycles. The van der Waals surface area contributed by atoms with Crippen LogP contribution in [-0.2, 0) is 17.6 Å². The minimum absolute atomic E-state index is 0.180. The lowest BCUT2D eigenvalue weighted by Crippen LogP contribution is -2.24. The number of anilines is 1. The smallest absolute Gasteiger partial charge is 0.235 e. The van der Waals surface area contributed by atoms with E-state index in [1.807, 2.05) is 43.3 Å². The minimum atomic E-state index is -0.539. The van der Waals surface area contributed by atoms with Crippen LogP contribution >= 0.6 is 0 Å². The molecular formula is C20H23N5O2. The van der Waals surface area contributed by atoms with Gasteiger partial charge in [-0.1, -0.05) is 36.4 Å². The number of H-pyrrole nitrogens is 1. The second kappa shape index (κ2) is 8.93. The van der Waals surface area contributed by atoms with E-state index in [1.54, 1.807) is 0 Å². The standard InChI is InChI=1S/C20H23N5O2/c1-3-14-5-7-15(8-6-14)13-18(19-22-24-25-23-19)20(26)21-16-9-11-17(12-10-16)27-4-2/h5-12,18H,3-4,13H2,1-2H3,(H,21,26)(H,22,23,24,25)/t18-/m0/s1. The monoisotopic (exact) mass is 365 g/mol. The molecule has 7 nitrogen and oxygen atoms in total. The Labute approximate surface area is 158 Å². The highest BCUT2D eigenvalue weighted by molar-refractivity contribution is 5.95. The van der Waals surface area contributed by atoms with Crippen molar-refractivity contribution in [1.29, 1.82) is 0 Å². The average molecular weight is 365 g/mol. The van der Waals surface area contributed by atoms with Gasteiger partial charge >= 0.3 is 0 Å². The van der Waals surface area contributed by atoms with Crippen molar-refractivity contribution in [2.75, 3.05) is 11.9 Å². The molecule has 0 aliphatic rings. The molecule has 0 radical (unpaired) electrons. The number of ether oxygens (including phenoxy) is 1. The largest absolute Gasteiger partial charge is 0.494 e. The van der Waals surface area contributed by atoms with Crippen molar-refractivity contribution < 1.29 is 9.53 Å². The van der Waals surface area contributed by atoms with Crippen molar-refractivity contribution in [3.05, 3.63) is 65.5 Å². The number of carbonyl (C=O) groups excluding carboxylic acids is 1. The van der Waals surface area contributed by atoms with Crippen LogP contribution < -0.4 is 10.1 Å². The Balaban J connectivity index is 1.74. The van der Waals surface area contributed by atoms with Crippen LogP contribution in [0.3, 0.4) is 0 Å². The summed E-state index contributed by atoms with van der Waals surface area (Å²) < 4.78 is 5.42. The molecule has 0 saturated carbocycles. The number of tetrazole rings is 1. The van der Waals surface area contributed by atoms with Crippen molar-refractivity contribution in [3.63, 3.8) is 0 Å². The number of amides is 1. The third-order valence-electron chi connectivity index (χ3n) is 4.29. The Bertz CT molecular complexity index is 845. The van der Waals surface area contributed by atoms with Gasteiger partial charge in [0.05, 0.1) is 6.61 Å². The fraction of sp³-hybridized carbons (Fsp3) is 0.300. The van der Waals surface area contributed by atoms with Crippen LogP contribution in [0.2, 0.25) is 0 Å². The summed E-state index contributed by atoms with van der Waals surface area (Å²) in [6, 6.07) is 15.5. The van der Waals surface area contributed by atoms with Crippen LogP contribution in [0.15, 0.2) is 48.5 Å². The Morgan fingerprint density at radius 3 is 2.37 bits per heavy atom. The van der Waals surface area contributed by atoms with Crippen LogP contribution in [0.5, 0.6) is 5.75 Å². The number of nitrogens with zero attached hydrogens (tertiary/aromatic N) is 3. The van der Waals surface area contributed by atoms with Gasteiger partial charge in [0.25, 0.3) is 0 Å². The number of benzene rings is 2. The van der Waals surface area contributed by atoms with E-state index in [-0.39, 0.29) is 5.91 Å². The molecule has 0 fully saturated rings. The van der Waals surface area contributed by atoms with Crippen molar-refractivity contribution in [1.82, 2.24) is 20.6 Å². The van der Waals surface area contributed by atoms with Gasteiger partial charge in [0.2, 0.25) is 5.91 Å². The van der Waals surface area contributed by atoms with Crippen molar-refractivity contribution in [3.8, 4) is 5.75 Å². The number of hydrogen-bond donors (Lipinski definition) is 2. The fourth-order valence-electron chi connectivity index (χ4n) is 2.80. The number of aromatic nitrogens is 4. The molecule has 2 N–H and O–H groups in total.